The van der Waals surface area contributed by atoms with Crippen LogP contribution in [-0.4, -0.2) is 18.5 Å². The molecule has 0 atom stereocenters. The first-order valence-electron chi connectivity index (χ1n) is 7.40. The maximum Gasteiger partial charge on any atom is 1.00 e. The number of ether oxygens (including phenoxy) is 1. The van der Waals surface area contributed by atoms with Gasteiger partial charge in [-0.2, -0.15) is 0 Å². The Bertz CT molecular complexity index is 575. The predicted octanol–water partition coefficient (Wildman–Crippen LogP) is -0.618. The minimum Gasteiger partial charge on any atom is -0.550 e. The van der Waals surface area contributed by atoms with E-state index in [0.29, 0.717) is 35.9 Å². The Hall–Kier alpha value is -0.750. The summed E-state index contributed by atoms with van der Waals surface area (Å²) < 4.78 is 5.45. The van der Waals surface area contributed by atoms with Crippen LogP contribution in [0.2, 0.25) is 5.02 Å². The maximum atomic E-state index is 12.0. The van der Waals surface area contributed by atoms with Crippen molar-refractivity contribution in [1.82, 2.24) is 0 Å². The van der Waals surface area contributed by atoms with Crippen LogP contribution in [0.25, 0.3) is 0 Å². The van der Waals surface area contributed by atoms with Gasteiger partial charge in [-0.1, -0.05) is 24.9 Å². The molecule has 0 bridgehead atoms. The molecule has 0 aliphatic heterocycles. The Morgan fingerprint density at radius 2 is 2.09 bits per heavy atom. The fourth-order valence-corrected chi connectivity index (χ4v) is 2.71. The van der Waals surface area contributed by atoms with Crippen LogP contribution in [0.3, 0.4) is 0 Å². The minimum atomic E-state index is -1.14. The van der Waals surface area contributed by atoms with Crippen molar-refractivity contribution in [3.05, 3.63) is 23.2 Å². The molecule has 5 nitrogen and oxygen atoms in total. The Morgan fingerprint density at radius 3 is 2.57 bits per heavy atom. The van der Waals surface area contributed by atoms with E-state index in [2.05, 4.69) is 5.32 Å². The number of hydrogen-bond acceptors (Lipinski definition) is 4. The molecule has 0 spiro atoms. The molecule has 1 aliphatic rings. The summed E-state index contributed by atoms with van der Waals surface area (Å²) in [6, 6.07) is 4.96. The molecule has 0 saturated heterocycles. The van der Waals surface area contributed by atoms with E-state index < -0.39 is 11.4 Å². The van der Waals surface area contributed by atoms with Gasteiger partial charge >= 0.3 is 29.6 Å². The first-order valence-corrected chi connectivity index (χ1v) is 7.78. The predicted molar refractivity (Wildman–Crippen MR) is 81.8 cm³/mol. The Labute approximate surface area is 163 Å². The van der Waals surface area contributed by atoms with Crippen molar-refractivity contribution in [3.63, 3.8) is 0 Å². The zero-order valence-corrected chi connectivity index (χ0v) is 16.2. The molecule has 1 aliphatic carbocycles. The van der Waals surface area contributed by atoms with Gasteiger partial charge in [0, 0.05) is 23.5 Å². The van der Waals surface area contributed by atoms with Gasteiger partial charge < -0.3 is 20.0 Å². The van der Waals surface area contributed by atoms with Crippen LogP contribution in [0, 0.1) is 5.41 Å². The van der Waals surface area contributed by atoms with Gasteiger partial charge in [0.25, 0.3) is 0 Å². The number of halogens is 1. The van der Waals surface area contributed by atoms with Crippen molar-refractivity contribution in [2.75, 3.05) is 11.9 Å². The van der Waals surface area contributed by atoms with Crippen LogP contribution in [0.15, 0.2) is 18.2 Å². The van der Waals surface area contributed by atoms with Gasteiger partial charge in [-0.25, -0.2) is 0 Å². The van der Waals surface area contributed by atoms with Gasteiger partial charge in [0.2, 0.25) is 5.91 Å². The normalized spacial score (nSPS) is 15.0. The van der Waals surface area contributed by atoms with Crippen LogP contribution < -0.4 is 44.7 Å². The van der Waals surface area contributed by atoms with Crippen LogP contribution in [-0.2, 0) is 9.59 Å². The first kappa shape index (κ1) is 20.3. The third kappa shape index (κ3) is 5.11. The van der Waals surface area contributed by atoms with Gasteiger partial charge in [-0.3, -0.25) is 4.79 Å². The molecule has 1 aromatic carbocycles. The number of nitrogens with one attached hydrogen (secondary N) is 1. The van der Waals surface area contributed by atoms with E-state index in [4.69, 9.17) is 16.3 Å². The second-order valence-electron chi connectivity index (χ2n) is 5.64. The number of anilines is 1. The zero-order chi connectivity index (χ0) is 16.2. The molecule has 1 fully saturated rings. The third-order valence-electron chi connectivity index (χ3n) is 3.92. The number of amides is 1. The second kappa shape index (κ2) is 8.92. The average Bonchev–Trinajstić information content (AvgIpc) is 2.41. The molecule has 120 valence electrons. The smallest absolute Gasteiger partial charge is 0.550 e. The van der Waals surface area contributed by atoms with Crippen LogP contribution >= 0.6 is 11.6 Å². The van der Waals surface area contributed by atoms with Crippen LogP contribution in [0.1, 0.15) is 39.0 Å². The fraction of sp³-hybridized carbons (Fsp3) is 0.500. The molecule has 1 amide bonds. The summed E-state index contributed by atoms with van der Waals surface area (Å²) in [5.74, 6) is -0.927. The maximum absolute atomic E-state index is 12.0. The molecular weight excluding hydrogens is 329 g/mol. The summed E-state index contributed by atoms with van der Waals surface area (Å²) in [7, 11) is 0. The van der Waals surface area contributed by atoms with Gasteiger partial charge in [-0.15, -0.1) is 0 Å². The van der Waals surface area contributed by atoms with Gasteiger partial charge in [-0.05, 0) is 37.5 Å². The van der Waals surface area contributed by atoms with E-state index in [9.17, 15) is 14.7 Å². The largest absolute Gasteiger partial charge is 1.00 e. The first-order chi connectivity index (χ1) is 10.5. The summed E-state index contributed by atoms with van der Waals surface area (Å²) in [4.78, 5) is 23.2. The monoisotopic (exact) mass is 347 g/mol. The van der Waals surface area contributed by atoms with Crippen LogP contribution in [0.5, 0.6) is 5.75 Å². The Morgan fingerprint density at radius 1 is 1.39 bits per heavy atom. The number of carboxylic acids is 1. The third-order valence-corrected chi connectivity index (χ3v) is 4.22. The molecule has 0 unspecified atom stereocenters. The molecule has 0 radical (unpaired) electrons. The van der Waals surface area contributed by atoms with Crippen molar-refractivity contribution >= 4 is 29.2 Å². The molecule has 7 heteroatoms. The van der Waals surface area contributed by atoms with Crippen molar-refractivity contribution in [2.45, 2.75) is 39.0 Å². The van der Waals surface area contributed by atoms with Gasteiger partial charge in [0.15, 0.2) is 0 Å². The molecule has 2 rings (SSSR count). The summed E-state index contributed by atoms with van der Waals surface area (Å²) in [6.07, 6.45) is 2.61. The van der Waals surface area contributed by atoms with Crippen molar-refractivity contribution in [2.24, 2.45) is 5.41 Å². The Balaban J connectivity index is 0.00000264. The second-order valence-corrected chi connectivity index (χ2v) is 6.05. The van der Waals surface area contributed by atoms with Gasteiger partial charge in [0.1, 0.15) is 5.75 Å². The number of carbonyl (C=O) groups excluding carboxylic acids is 2. The average molecular weight is 348 g/mol. The van der Waals surface area contributed by atoms with Gasteiger partial charge in [0.05, 0.1) is 11.6 Å². The molecule has 0 aromatic heterocycles. The number of carboxylic acid groups (broad SMARTS) is 1. The molecule has 0 heterocycles. The molecule has 1 saturated carbocycles. The number of aliphatic carboxylic acids is 1. The summed E-state index contributed by atoms with van der Waals surface area (Å²) in [5, 5.41) is 14.2. The van der Waals surface area contributed by atoms with E-state index in [1.807, 2.05) is 6.92 Å². The number of carbonyl (C=O) groups is 2. The molecule has 1 aromatic rings. The summed E-state index contributed by atoms with van der Waals surface area (Å²) >= 11 is 6.09. The SMILES string of the molecule is CCCOc1ccc(NC(=O)CC2(C(=O)[O-])CCC2)cc1Cl.[Na+]. The van der Waals surface area contributed by atoms with E-state index in [-0.39, 0.29) is 41.9 Å². The van der Waals surface area contributed by atoms with E-state index in [1.54, 1.807) is 18.2 Å². The topological polar surface area (TPSA) is 78.5 Å². The number of benzene rings is 1. The number of hydrogen-bond donors (Lipinski definition) is 1. The van der Waals surface area contributed by atoms with E-state index in [0.717, 1.165) is 12.8 Å². The fourth-order valence-electron chi connectivity index (χ4n) is 2.48. The van der Waals surface area contributed by atoms with Crippen molar-refractivity contribution in [3.8, 4) is 5.75 Å². The Kier molecular flexibility index (Phi) is 7.87. The van der Waals surface area contributed by atoms with E-state index >= 15 is 0 Å². The van der Waals surface area contributed by atoms with Crippen molar-refractivity contribution in [1.29, 1.82) is 0 Å². The van der Waals surface area contributed by atoms with Crippen LogP contribution in [0.4, 0.5) is 5.69 Å². The van der Waals surface area contributed by atoms with E-state index in [1.165, 1.54) is 0 Å². The quantitative estimate of drug-likeness (QED) is 0.667. The van der Waals surface area contributed by atoms with Crippen molar-refractivity contribution < 1.29 is 49.0 Å². The summed E-state index contributed by atoms with van der Waals surface area (Å²) in [6.45, 7) is 2.57. The molecular formula is C16H19ClNNaO4. The zero-order valence-electron chi connectivity index (χ0n) is 13.5. The molecule has 23 heavy (non-hydrogen) atoms. The standard InChI is InChI=1S/C16H20ClNO4.Na/c1-2-8-22-13-5-4-11(9-12(13)17)18-14(19)10-16(15(20)21)6-3-7-16;/h4-5,9H,2-3,6-8,10H2,1H3,(H,18,19)(H,20,21);/q;+1/p-1. The summed E-state index contributed by atoms with van der Waals surface area (Å²) in [5.41, 5.74) is -0.482. The minimum absolute atomic E-state index is 0. The number of rotatable bonds is 7. The molecule has 1 N–H and O–H groups in total.